The van der Waals surface area contributed by atoms with Crippen LogP contribution in [0.1, 0.15) is 37.1 Å². The van der Waals surface area contributed by atoms with E-state index in [1.165, 1.54) is 0 Å². The quantitative estimate of drug-likeness (QED) is 0.690. The van der Waals surface area contributed by atoms with E-state index in [2.05, 4.69) is 4.98 Å². The van der Waals surface area contributed by atoms with Crippen LogP contribution < -0.4 is 0 Å². The zero-order valence-electron chi connectivity index (χ0n) is 13.3. The molecule has 1 unspecified atom stereocenters. The highest BCUT2D eigenvalue weighted by Gasteiger charge is 2.35. The number of halogens is 2. The summed E-state index contributed by atoms with van der Waals surface area (Å²) in [6, 6.07) is 11.4. The van der Waals surface area contributed by atoms with Gasteiger partial charge in [-0.3, -0.25) is 9.78 Å². The van der Waals surface area contributed by atoms with E-state index in [1.54, 1.807) is 24.4 Å². The minimum Gasteiger partial charge on any atom is -0.328 e. The molecule has 1 aromatic heterocycles. The summed E-state index contributed by atoms with van der Waals surface area (Å²) in [5, 5.41) is 0.936. The number of aromatic nitrogens is 1. The molecular weight excluding hydrogens is 343 g/mol. The van der Waals surface area contributed by atoms with Crippen LogP contribution in [0.2, 0.25) is 10.0 Å². The number of carbonyl (C=O) groups excluding carboxylic acids is 1. The van der Waals surface area contributed by atoms with E-state index < -0.39 is 0 Å². The van der Waals surface area contributed by atoms with Gasteiger partial charge in [0.25, 0.3) is 0 Å². The summed E-state index contributed by atoms with van der Waals surface area (Å²) < 4.78 is 0. The standard InChI is InChI=1S/C19H18Cl2N2O/c1-13(17-7-2-3-12-22-17)23(15-9-10-15)18(24)11-8-14-5-4-6-16(20)19(14)21/h2-8,11-13,15H,9-10H2,1H3. The third-order valence-electron chi connectivity index (χ3n) is 4.11. The molecular formula is C19H18Cl2N2O. The van der Waals surface area contributed by atoms with Gasteiger partial charge in [0, 0.05) is 18.3 Å². The lowest BCUT2D eigenvalue weighted by molar-refractivity contribution is -0.128. The van der Waals surface area contributed by atoms with Crippen LogP contribution in [-0.4, -0.2) is 21.8 Å². The highest BCUT2D eigenvalue weighted by atomic mass is 35.5. The summed E-state index contributed by atoms with van der Waals surface area (Å²) in [7, 11) is 0. The van der Waals surface area contributed by atoms with Crippen molar-refractivity contribution >= 4 is 35.2 Å². The fourth-order valence-electron chi connectivity index (χ4n) is 2.70. The third kappa shape index (κ3) is 3.80. The van der Waals surface area contributed by atoms with E-state index in [0.717, 1.165) is 24.1 Å². The fraction of sp³-hybridized carbons (Fsp3) is 0.263. The van der Waals surface area contributed by atoms with Gasteiger partial charge < -0.3 is 4.90 Å². The Hall–Kier alpha value is -1.84. The Bertz CT molecular complexity index is 757. The van der Waals surface area contributed by atoms with E-state index in [9.17, 15) is 4.79 Å². The zero-order chi connectivity index (χ0) is 17.1. The molecule has 1 heterocycles. The maximum absolute atomic E-state index is 12.7. The Morgan fingerprint density at radius 1 is 1.25 bits per heavy atom. The fourth-order valence-corrected chi connectivity index (χ4v) is 3.07. The molecule has 1 aromatic carbocycles. The average Bonchev–Trinajstić information content (AvgIpc) is 3.42. The predicted octanol–water partition coefficient (Wildman–Crippen LogP) is 5.15. The second-order valence-electron chi connectivity index (χ2n) is 5.88. The molecule has 0 aliphatic heterocycles. The number of nitrogens with zero attached hydrogens (tertiary/aromatic N) is 2. The third-order valence-corrected chi connectivity index (χ3v) is 4.95. The Morgan fingerprint density at radius 2 is 2.04 bits per heavy atom. The van der Waals surface area contributed by atoms with E-state index in [-0.39, 0.29) is 18.0 Å². The van der Waals surface area contributed by atoms with Gasteiger partial charge in [-0.05, 0) is 49.6 Å². The smallest absolute Gasteiger partial charge is 0.247 e. The van der Waals surface area contributed by atoms with E-state index >= 15 is 0 Å². The molecule has 0 bridgehead atoms. The summed E-state index contributed by atoms with van der Waals surface area (Å²) in [4.78, 5) is 19.0. The average molecular weight is 361 g/mol. The molecule has 24 heavy (non-hydrogen) atoms. The SMILES string of the molecule is CC(c1ccccn1)N(C(=O)C=Cc1cccc(Cl)c1Cl)C1CC1. The summed E-state index contributed by atoms with van der Waals surface area (Å²) in [5.74, 6) is -0.0355. The number of hydrogen-bond donors (Lipinski definition) is 0. The molecule has 0 N–H and O–H groups in total. The second-order valence-corrected chi connectivity index (χ2v) is 6.67. The highest BCUT2D eigenvalue weighted by molar-refractivity contribution is 6.42. The Balaban J connectivity index is 1.80. The molecule has 0 radical (unpaired) electrons. The van der Waals surface area contributed by atoms with Crippen molar-refractivity contribution in [2.45, 2.75) is 31.8 Å². The van der Waals surface area contributed by atoms with Crippen molar-refractivity contribution < 1.29 is 4.79 Å². The predicted molar refractivity (Wildman–Crippen MR) is 98.0 cm³/mol. The van der Waals surface area contributed by atoms with Gasteiger partial charge in [-0.1, -0.05) is 41.4 Å². The molecule has 3 nitrogen and oxygen atoms in total. The number of benzene rings is 1. The van der Waals surface area contributed by atoms with Crippen LogP contribution in [0.25, 0.3) is 6.08 Å². The Labute approximate surface area is 151 Å². The van der Waals surface area contributed by atoms with E-state index in [4.69, 9.17) is 23.2 Å². The van der Waals surface area contributed by atoms with Gasteiger partial charge in [0.1, 0.15) is 0 Å². The largest absolute Gasteiger partial charge is 0.328 e. The van der Waals surface area contributed by atoms with Gasteiger partial charge >= 0.3 is 0 Å². The maximum atomic E-state index is 12.7. The van der Waals surface area contributed by atoms with Gasteiger partial charge in [0.2, 0.25) is 5.91 Å². The molecule has 1 atom stereocenters. The van der Waals surface area contributed by atoms with Gasteiger partial charge in [0.05, 0.1) is 21.8 Å². The molecule has 3 rings (SSSR count). The lowest BCUT2D eigenvalue weighted by atomic mass is 10.1. The minimum absolute atomic E-state index is 0.0355. The molecule has 5 heteroatoms. The first-order valence-electron chi connectivity index (χ1n) is 7.93. The summed E-state index contributed by atoms with van der Waals surface area (Å²) in [6.45, 7) is 2.01. The van der Waals surface area contributed by atoms with Crippen molar-refractivity contribution in [2.75, 3.05) is 0 Å². The van der Waals surface area contributed by atoms with Crippen LogP contribution >= 0.6 is 23.2 Å². The number of pyridine rings is 1. The van der Waals surface area contributed by atoms with Crippen LogP contribution in [0, 0.1) is 0 Å². The van der Waals surface area contributed by atoms with Gasteiger partial charge in [-0.2, -0.15) is 0 Å². The first-order chi connectivity index (χ1) is 11.6. The molecule has 2 aromatic rings. The minimum atomic E-state index is -0.0642. The van der Waals surface area contributed by atoms with Gasteiger partial charge in [0.15, 0.2) is 0 Å². The van der Waals surface area contributed by atoms with Crippen LogP contribution in [0.3, 0.4) is 0 Å². The van der Waals surface area contributed by atoms with Crippen molar-refractivity contribution in [1.82, 2.24) is 9.88 Å². The van der Waals surface area contributed by atoms with Crippen molar-refractivity contribution in [3.63, 3.8) is 0 Å². The first kappa shape index (κ1) is 17.0. The van der Waals surface area contributed by atoms with Crippen molar-refractivity contribution in [3.8, 4) is 0 Å². The summed E-state index contributed by atoms with van der Waals surface area (Å²) >= 11 is 12.2. The van der Waals surface area contributed by atoms with Gasteiger partial charge in [-0.15, -0.1) is 0 Å². The Kier molecular flexibility index (Phi) is 5.22. The van der Waals surface area contributed by atoms with E-state index in [1.807, 2.05) is 42.2 Å². The Morgan fingerprint density at radius 3 is 2.71 bits per heavy atom. The molecule has 1 amide bonds. The lowest BCUT2D eigenvalue weighted by Crippen LogP contribution is -2.34. The number of hydrogen-bond acceptors (Lipinski definition) is 2. The molecule has 1 aliphatic carbocycles. The lowest BCUT2D eigenvalue weighted by Gasteiger charge is -2.28. The van der Waals surface area contributed by atoms with Gasteiger partial charge in [-0.25, -0.2) is 0 Å². The number of carbonyl (C=O) groups is 1. The second kappa shape index (κ2) is 7.37. The first-order valence-corrected chi connectivity index (χ1v) is 8.69. The van der Waals surface area contributed by atoms with Crippen LogP contribution in [0.5, 0.6) is 0 Å². The monoisotopic (exact) mass is 360 g/mol. The molecule has 1 aliphatic rings. The molecule has 0 spiro atoms. The highest BCUT2D eigenvalue weighted by Crippen LogP contribution is 2.34. The normalized spacial score (nSPS) is 15.5. The van der Waals surface area contributed by atoms with Crippen molar-refractivity contribution in [3.05, 3.63) is 70.0 Å². The van der Waals surface area contributed by atoms with Crippen molar-refractivity contribution in [1.29, 1.82) is 0 Å². The maximum Gasteiger partial charge on any atom is 0.247 e. The van der Waals surface area contributed by atoms with Crippen LogP contribution in [-0.2, 0) is 4.79 Å². The zero-order valence-corrected chi connectivity index (χ0v) is 14.8. The molecule has 1 saturated carbocycles. The van der Waals surface area contributed by atoms with E-state index in [0.29, 0.717) is 10.0 Å². The number of rotatable bonds is 5. The van der Waals surface area contributed by atoms with Crippen LogP contribution in [0.4, 0.5) is 0 Å². The topological polar surface area (TPSA) is 33.2 Å². The number of amides is 1. The summed E-state index contributed by atoms with van der Waals surface area (Å²) in [5.41, 5.74) is 1.63. The summed E-state index contributed by atoms with van der Waals surface area (Å²) in [6.07, 6.45) is 7.11. The van der Waals surface area contributed by atoms with Crippen LogP contribution in [0.15, 0.2) is 48.7 Å². The molecule has 124 valence electrons. The molecule has 0 saturated heterocycles. The molecule has 1 fully saturated rings. The van der Waals surface area contributed by atoms with Crippen molar-refractivity contribution in [2.24, 2.45) is 0 Å².